The van der Waals surface area contributed by atoms with Crippen molar-refractivity contribution < 1.29 is 0 Å². The fourth-order valence-corrected chi connectivity index (χ4v) is 5.39. The standard InChI is InChI=1S/C16H24Si/c1-12-8-7-10-15(14(12)3)17-16(4)11-6-5-9-13(16)2/h7-10H,5-6,11,17H2,1-4H3. The van der Waals surface area contributed by atoms with Crippen LogP contribution in [0.25, 0.3) is 0 Å². The minimum atomic E-state index is -0.220. The Morgan fingerprint density at radius 1 is 1.18 bits per heavy atom. The highest BCUT2D eigenvalue weighted by Gasteiger charge is 2.29. The fraction of sp³-hybridized carbons (Fsp3) is 0.500. The summed E-state index contributed by atoms with van der Waals surface area (Å²) in [6.45, 7) is 9.37. The second-order valence-electron chi connectivity index (χ2n) is 5.88. The Morgan fingerprint density at radius 2 is 1.94 bits per heavy atom. The van der Waals surface area contributed by atoms with Crippen LogP contribution in [0.1, 0.15) is 44.2 Å². The Morgan fingerprint density at radius 3 is 2.65 bits per heavy atom. The van der Waals surface area contributed by atoms with Crippen LogP contribution in [-0.4, -0.2) is 9.52 Å². The molecule has 0 saturated heterocycles. The maximum atomic E-state index is 2.49. The zero-order valence-corrected chi connectivity index (χ0v) is 13.1. The molecule has 1 heteroatoms. The average molecular weight is 244 g/mol. The van der Waals surface area contributed by atoms with Gasteiger partial charge in [-0.25, -0.2) is 0 Å². The molecule has 0 N–H and O–H groups in total. The zero-order valence-electron chi connectivity index (χ0n) is 11.6. The SMILES string of the molecule is CC1=CCCCC1(C)[SiH2]c1cccc(C)c1C. The first kappa shape index (κ1) is 12.6. The van der Waals surface area contributed by atoms with Crippen LogP contribution in [-0.2, 0) is 0 Å². The van der Waals surface area contributed by atoms with Crippen LogP contribution in [0.3, 0.4) is 0 Å². The van der Waals surface area contributed by atoms with Gasteiger partial charge in [-0.2, -0.15) is 0 Å². The van der Waals surface area contributed by atoms with Gasteiger partial charge in [-0.3, -0.25) is 0 Å². The molecule has 1 atom stereocenters. The van der Waals surface area contributed by atoms with Crippen LogP contribution in [0.2, 0.25) is 5.04 Å². The van der Waals surface area contributed by atoms with Crippen molar-refractivity contribution in [2.24, 2.45) is 0 Å². The van der Waals surface area contributed by atoms with Crippen molar-refractivity contribution in [3.63, 3.8) is 0 Å². The monoisotopic (exact) mass is 244 g/mol. The van der Waals surface area contributed by atoms with E-state index in [0.29, 0.717) is 5.04 Å². The Balaban J connectivity index is 2.29. The van der Waals surface area contributed by atoms with Crippen LogP contribution >= 0.6 is 0 Å². The molecule has 0 spiro atoms. The van der Waals surface area contributed by atoms with E-state index in [1.54, 1.807) is 16.3 Å². The molecular weight excluding hydrogens is 220 g/mol. The molecule has 0 nitrogen and oxygen atoms in total. The molecule has 17 heavy (non-hydrogen) atoms. The summed E-state index contributed by atoms with van der Waals surface area (Å²) in [5, 5.41) is 2.19. The van der Waals surface area contributed by atoms with E-state index in [-0.39, 0.29) is 9.52 Å². The van der Waals surface area contributed by atoms with Crippen molar-refractivity contribution in [1.29, 1.82) is 0 Å². The third-order valence-corrected chi connectivity index (χ3v) is 7.47. The number of hydrogen-bond donors (Lipinski definition) is 0. The summed E-state index contributed by atoms with van der Waals surface area (Å²) < 4.78 is 0. The second-order valence-corrected chi connectivity index (χ2v) is 8.55. The molecule has 0 aromatic heterocycles. The van der Waals surface area contributed by atoms with Gasteiger partial charge >= 0.3 is 0 Å². The fourth-order valence-electron chi connectivity index (χ4n) is 2.91. The van der Waals surface area contributed by atoms with Crippen molar-refractivity contribution in [2.75, 3.05) is 0 Å². The van der Waals surface area contributed by atoms with E-state index in [1.165, 1.54) is 24.8 Å². The zero-order chi connectivity index (χ0) is 12.5. The maximum absolute atomic E-state index is 2.49. The van der Waals surface area contributed by atoms with Crippen LogP contribution in [0.5, 0.6) is 0 Å². The summed E-state index contributed by atoms with van der Waals surface area (Å²) >= 11 is 0. The molecule has 0 fully saturated rings. The first-order valence-electron chi connectivity index (χ1n) is 6.75. The minimum Gasteiger partial charge on any atom is -0.0854 e. The molecule has 0 saturated carbocycles. The summed E-state index contributed by atoms with van der Waals surface area (Å²) in [5.74, 6) is 0. The Hall–Kier alpha value is -0.823. The van der Waals surface area contributed by atoms with E-state index in [1.807, 2.05) is 0 Å². The lowest BCUT2D eigenvalue weighted by atomic mass is 9.89. The van der Waals surface area contributed by atoms with E-state index in [2.05, 4.69) is 52.0 Å². The molecule has 1 unspecified atom stereocenters. The molecule has 0 bridgehead atoms. The highest BCUT2D eigenvalue weighted by atomic mass is 28.2. The minimum absolute atomic E-state index is 0.220. The predicted octanol–water partition coefficient (Wildman–Crippen LogP) is 3.41. The summed E-state index contributed by atoms with van der Waals surface area (Å²) in [6, 6.07) is 6.83. The molecule has 92 valence electrons. The average Bonchev–Trinajstić information content (AvgIpc) is 2.29. The first-order valence-corrected chi connectivity index (χ1v) is 8.17. The van der Waals surface area contributed by atoms with Crippen molar-refractivity contribution in [3.05, 3.63) is 41.0 Å². The molecule has 1 aromatic rings. The predicted molar refractivity (Wildman–Crippen MR) is 80.1 cm³/mol. The van der Waals surface area contributed by atoms with Gasteiger partial charge in [0.25, 0.3) is 0 Å². The second kappa shape index (κ2) is 4.81. The van der Waals surface area contributed by atoms with E-state index in [9.17, 15) is 0 Å². The highest BCUT2D eigenvalue weighted by Crippen LogP contribution is 2.42. The number of allylic oxidation sites excluding steroid dienone is 2. The lowest BCUT2D eigenvalue weighted by molar-refractivity contribution is 0.568. The van der Waals surface area contributed by atoms with Crippen molar-refractivity contribution in [1.82, 2.24) is 0 Å². The van der Waals surface area contributed by atoms with Gasteiger partial charge in [0, 0.05) is 0 Å². The van der Waals surface area contributed by atoms with E-state index in [0.717, 1.165) is 0 Å². The first-order chi connectivity index (χ1) is 8.03. The Kier molecular flexibility index (Phi) is 3.57. The van der Waals surface area contributed by atoms with Crippen LogP contribution in [0.4, 0.5) is 0 Å². The topological polar surface area (TPSA) is 0 Å². The Bertz CT molecular complexity index is 445. The molecule has 0 radical (unpaired) electrons. The summed E-state index contributed by atoms with van der Waals surface area (Å²) in [4.78, 5) is 0. The summed E-state index contributed by atoms with van der Waals surface area (Å²) in [7, 11) is -0.220. The lowest BCUT2D eigenvalue weighted by Gasteiger charge is -2.34. The van der Waals surface area contributed by atoms with E-state index in [4.69, 9.17) is 0 Å². The lowest BCUT2D eigenvalue weighted by Crippen LogP contribution is -2.32. The number of benzene rings is 1. The molecule has 2 rings (SSSR count). The van der Waals surface area contributed by atoms with Gasteiger partial charge in [0.05, 0.1) is 9.52 Å². The van der Waals surface area contributed by atoms with Crippen molar-refractivity contribution in [3.8, 4) is 0 Å². The number of rotatable bonds is 2. The highest BCUT2D eigenvalue weighted by molar-refractivity contribution is 6.58. The number of aryl methyl sites for hydroxylation is 1. The van der Waals surface area contributed by atoms with Gasteiger partial charge in [0.15, 0.2) is 0 Å². The van der Waals surface area contributed by atoms with Gasteiger partial charge in [-0.15, -0.1) is 0 Å². The van der Waals surface area contributed by atoms with Crippen molar-refractivity contribution >= 4 is 14.7 Å². The normalized spacial score (nSPS) is 25.3. The molecule has 0 amide bonds. The molecular formula is C16H24Si. The quantitative estimate of drug-likeness (QED) is 0.552. The molecule has 0 aliphatic heterocycles. The number of hydrogen-bond acceptors (Lipinski definition) is 0. The molecule has 1 aromatic carbocycles. The third kappa shape index (κ3) is 2.55. The van der Waals surface area contributed by atoms with Crippen molar-refractivity contribution in [2.45, 2.75) is 52.0 Å². The Labute approximate surface area is 108 Å². The van der Waals surface area contributed by atoms with Gasteiger partial charge < -0.3 is 0 Å². The molecule has 0 heterocycles. The van der Waals surface area contributed by atoms with E-state index < -0.39 is 0 Å². The summed E-state index contributed by atoms with van der Waals surface area (Å²) in [6.07, 6.45) is 6.55. The van der Waals surface area contributed by atoms with Gasteiger partial charge in [-0.1, -0.05) is 42.0 Å². The smallest absolute Gasteiger partial charge is 0.0658 e. The van der Waals surface area contributed by atoms with E-state index >= 15 is 0 Å². The molecule has 1 aliphatic carbocycles. The summed E-state index contributed by atoms with van der Waals surface area (Å²) in [5.41, 5.74) is 4.64. The molecule has 1 aliphatic rings. The van der Waals surface area contributed by atoms with Gasteiger partial charge in [-0.05, 0) is 56.2 Å². The maximum Gasteiger partial charge on any atom is 0.0658 e. The van der Waals surface area contributed by atoms with Gasteiger partial charge in [0.2, 0.25) is 0 Å². The van der Waals surface area contributed by atoms with Crippen LogP contribution < -0.4 is 5.19 Å². The third-order valence-electron chi connectivity index (χ3n) is 4.63. The van der Waals surface area contributed by atoms with Gasteiger partial charge in [0.1, 0.15) is 0 Å². The van der Waals surface area contributed by atoms with Crippen LogP contribution in [0, 0.1) is 13.8 Å². The van der Waals surface area contributed by atoms with Crippen LogP contribution in [0.15, 0.2) is 29.8 Å². The largest absolute Gasteiger partial charge is 0.0854 e.